The molecule has 0 spiro atoms. The number of hydrogen-bond donors (Lipinski definition) is 10. The molecule has 12 atom stereocenters. The van der Waals surface area contributed by atoms with Gasteiger partial charge in [0.1, 0.15) is 72.1 Å². The van der Waals surface area contributed by atoms with E-state index in [2.05, 4.69) is 63.2 Å². The average molecular weight is 1480 g/mol. The Morgan fingerprint density at radius 3 is 1.37 bits per heavy atom. The van der Waals surface area contributed by atoms with Crippen LogP contribution in [0.25, 0.3) is 32.8 Å². The van der Waals surface area contributed by atoms with Crippen molar-refractivity contribution in [3.8, 4) is 17.0 Å². The zero-order valence-corrected chi connectivity index (χ0v) is 62.1. The molecule has 29 heteroatoms. The highest BCUT2D eigenvalue weighted by atomic mass is 16.5. The minimum absolute atomic E-state index is 0.0376. The molecule has 29 nitrogen and oxygen atoms in total. The lowest BCUT2D eigenvalue weighted by Crippen LogP contribution is -2.60. The lowest BCUT2D eigenvalue weighted by molar-refractivity contribution is -0.145. The van der Waals surface area contributed by atoms with Gasteiger partial charge in [-0.15, -0.1) is 10.2 Å². The fraction of sp³-hybridized carbons (Fsp3) is 0.418. The Hall–Kier alpha value is -11.5. The van der Waals surface area contributed by atoms with E-state index in [1.807, 2.05) is 84.9 Å². The predicted octanol–water partition coefficient (Wildman–Crippen LogP) is 4.38. The summed E-state index contributed by atoms with van der Waals surface area (Å²) < 4.78 is 9.21. The number of hydrogen-bond acceptors (Lipinski definition) is 17. The Kier molecular flexibility index (Phi) is 23.8. The number of fused-ring (bicyclic) bond motifs is 2. The molecule has 568 valence electrons. The van der Waals surface area contributed by atoms with Crippen LogP contribution in [-0.4, -0.2) is 197 Å². The van der Waals surface area contributed by atoms with Crippen molar-refractivity contribution in [3.63, 3.8) is 0 Å². The smallest absolute Gasteiger partial charge is 0.326 e. The van der Waals surface area contributed by atoms with Crippen LogP contribution in [0.2, 0.25) is 0 Å². The molecule has 2 saturated heterocycles. The first-order chi connectivity index (χ1) is 51.4. The van der Waals surface area contributed by atoms with Crippen molar-refractivity contribution in [2.75, 3.05) is 27.2 Å². The number of nitrogens with zero attached hydrogens (tertiary/aromatic N) is 8. The fourth-order valence-corrected chi connectivity index (χ4v) is 13.8. The molecule has 0 saturated carbocycles. The minimum atomic E-state index is -1.53. The highest BCUT2D eigenvalue weighted by molar-refractivity contribution is 5.98. The summed E-state index contributed by atoms with van der Waals surface area (Å²) in [6, 6.07) is 26.1. The number of likely N-dealkylation sites (N-methyl/N-ethyl adjacent to an activating group) is 2. The molecule has 108 heavy (non-hydrogen) atoms. The Balaban J connectivity index is 0.949. The SMILES string of the molecule is CN[C@@H](C)C(=O)N[C@H](C(=O)N1C[C@@H]2C[C@H]1C(=O)N[C@@H](Cc1ccc3ccccc3c1)C(=O)N[C@H](C(=O)O)Cc1ccc(cc1)-c1cn(nn1)[C@H]1C[C@@H](C(=O)N[C@@H](Cc3ccc4ccccc4c3)C(=O)N[C@H](C(=O)O)Cc3ccc(cc3)OCc3cn2nn3)N(C(=O)[C@@H](NC(=O)[C@H](C)NC)C(C)(C)C)C1)C(C)(C)C. The number of nitrogens with one attached hydrogen (secondary N) is 8. The number of likely N-dealkylation sites (tertiary alicyclic amines) is 2. The third-order valence-corrected chi connectivity index (χ3v) is 20.4. The van der Waals surface area contributed by atoms with Gasteiger partial charge >= 0.3 is 11.9 Å². The van der Waals surface area contributed by atoms with Crippen LogP contribution in [-0.2, 0) is 80.2 Å². The van der Waals surface area contributed by atoms with Crippen molar-refractivity contribution < 1.29 is 62.9 Å². The normalized spacial score (nSPS) is 21.7. The van der Waals surface area contributed by atoms with Gasteiger partial charge in [0, 0.05) is 57.2 Å². The number of amides is 8. The Bertz CT molecular complexity index is 4660. The molecule has 8 amide bonds. The largest absolute Gasteiger partial charge is 0.487 e. The van der Waals surface area contributed by atoms with Crippen LogP contribution in [0.4, 0.5) is 0 Å². The third-order valence-electron chi connectivity index (χ3n) is 20.4. The van der Waals surface area contributed by atoms with E-state index in [9.17, 15) is 39.0 Å². The molecular weight excluding hydrogens is 1380 g/mol. The second-order valence-electron chi connectivity index (χ2n) is 30.4. The zero-order valence-electron chi connectivity index (χ0n) is 62.1. The molecule has 8 heterocycles. The van der Waals surface area contributed by atoms with Gasteiger partial charge < -0.3 is 67.3 Å². The van der Waals surface area contributed by atoms with Crippen molar-refractivity contribution in [3.05, 3.63) is 174 Å². The maximum absolute atomic E-state index is 15.3. The predicted molar refractivity (Wildman–Crippen MR) is 400 cm³/mol. The van der Waals surface area contributed by atoms with Crippen LogP contribution in [0, 0.1) is 10.8 Å². The molecule has 6 aliphatic heterocycles. The molecule has 0 radical (unpaired) electrons. The third kappa shape index (κ3) is 18.5. The van der Waals surface area contributed by atoms with Gasteiger partial charge in [-0.25, -0.2) is 19.0 Å². The summed E-state index contributed by atoms with van der Waals surface area (Å²) in [5, 5.41) is 65.8. The second-order valence-corrected chi connectivity index (χ2v) is 30.4. The average Bonchev–Trinajstić information content (AvgIpc) is 1.63. The molecule has 6 aromatic carbocycles. The fourth-order valence-electron chi connectivity index (χ4n) is 13.8. The highest BCUT2D eigenvalue weighted by Gasteiger charge is 2.49. The molecule has 0 unspecified atom stereocenters. The maximum atomic E-state index is 15.3. The van der Waals surface area contributed by atoms with E-state index < -0.39 is 143 Å². The first kappa shape index (κ1) is 77.6. The Morgan fingerprint density at radius 2 is 0.944 bits per heavy atom. The van der Waals surface area contributed by atoms with E-state index in [0.29, 0.717) is 45.0 Å². The molecule has 2 aromatic heterocycles. The summed E-state index contributed by atoms with van der Waals surface area (Å²) in [7, 11) is 3.22. The van der Waals surface area contributed by atoms with Crippen LogP contribution in [0.5, 0.6) is 5.75 Å². The van der Waals surface area contributed by atoms with E-state index >= 15 is 19.2 Å². The van der Waals surface area contributed by atoms with E-state index in [1.165, 1.54) is 19.2 Å². The molecule has 2 fully saturated rings. The summed E-state index contributed by atoms with van der Waals surface area (Å²) >= 11 is 0. The molecule has 12 bridgehead atoms. The first-order valence-corrected chi connectivity index (χ1v) is 36.2. The monoisotopic (exact) mass is 1470 g/mol. The molecule has 0 aliphatic carbocycles. The van der Waals surface area contributed by atoms with Crippen LogP contribution in [0.3, 0.4) is 0 Å². The number of carboxylic acid groups (broad SMARTS) is 2. The number of rotatable bonds is 14. The quantitative estimate of drug-likeness (QED) is 0.0722. The number of aliphatic carboxylic acids is 2. The van der Waals surface area contributed by atoms with Crippen LogP contribution >= 0.6 is 0 Å². The number of aromatic nitrogens is 6. The number of carbonyl (C=O) groups is 10. The van der Waals surface area contributed by atoms with Crippen LogP contribution in [0.15, 0.2) is 146 Å². The van der Waals surface area contributed by atoms with Crippen LogP contribution < -0.4 is 47.3 Å². The van der Waals surface area contributed by atoms with Gasteiger partial charge in [-0.05, 0) is 94.7 Å². The zero-order chi connectivity index (χ0) is 77.5. The summed E-state index contributed by atoms with van der Waals surface area (Å²) in [5.74, 6) is -7.59. The van der Waals surface area contributed by atoms with Gasteiger partial charge in [-0.3, -0.25) is 38.4 Å². The second kappa shape index (κ2) is 33.1. The summed E-state index contributed by atoms with van der Waals surface area (Å²) in [6.07, 6.45) is 2.54. The van der Waals surface area contributed by atoms with Gasteiger partial charge in [0.05, 0.1) is 36.6 Å². The van der Waals surface area contributed by atoms with E-state index in [1.54, 1.807) is 130 Å². The number of carboxylic acids is 2. The molecule has 10 N–H and O–H groups in total. The molecular formula is C79H94N16O13. The maximum Gasteiger partial charge on any atom is 0.326 e. The van der Waals surface area contributed by atoms with E-state index in [0.717, 1.165) is 21.5 Å². The minimum Gasteiger partial charge on any atom is -0.487 e. The van der Waals surface area contributed by atoms with Gasteiger partial charge in [0.25, 0.3) is 0 Å². The highest BCUT2D eigenvalue weighted by Crippen LogP contribution is 2.35. The molecule has 14 rings (SSSR count). The van der Waals surface area contributed by atoms with Gasteiger partial charge in [-0.2, -0.15) is 0 Å². The lowest BCUT2D eigenvalue weighted by atomic mass is 9.85. The summed E-state index contributed by atoms with van der Waals surface area (Å²) in [5.41, 5.74) is 1.72. The Morgan fingerprint density at radius 1 is 0.528 bits per heavy atom. The first-order valence-electron chi connectivity index (χ1n) is 36.2. The van der Waals surface area contributed by atoms with Crippen molar-refractivity contribution in [2.45, 2.75) is 173 Å². The summed E-state index contributed by atoms with van der Waals surface area (Å²) in [6.45, 7) is 13.7. The van der Waals surface area contributed by atoms with Crippen molar-refractivity contribution in [2.24, 2.45) is 10.8 Å². The summed E-state index contributed by atoms with van der Waals surface area (Å²) in [4.78, 5) is 148. The van der Waals surface area contributed by atoms with Gasteiger partial charge in [0.15, 0.2) is 0 Å². The van der Waals surface area contributed by atoms with Crippen LogP contribution in [0.1, 0.15) is 108 Å². The van der Waals surface area contributed by atoms with Gasteiger partial charge in [-0.1, -0.05) is 173 Å². The van der Waals surface area contributed by atoms with E-state index in [4.69, 9.17) is 4.74 Å². The van der Waals surface area contributed by atoms with Gasteiger partial charge in [0.2, 0.25) is 47.3 Å². The number of benzene rings is 6. The number of ether oxygens (including phenoxy) is 1. The topological polar surface area (TPSA) is 385 Å². The van der Waals surface area contributed by atoms with Crippen molar-refractivity contribution in [1.82, 2.24) is 82.3 Å². The van der Waals surface area contributed by atoms with Crippen molar-refractivity contribution >= 4 is 80.7 Å². The Labute approximate surface area is 625 Å². The van der Waals surface area contributed by atoms with E-state index in [-0.39, 0.29) is 58.2 Å². The molecule has 6 aliphatic rings. The molecule has 8 aromatic rings. The number of carbonyl (C=O) groups excluding carboxylic acids is 8. The van der Waals surface area contributed by atoms with Crippen molar-refractivity contribution in [1.29, 1.82) is 0 Å². The lowest BCUT2D eigenvalue weighted by Gasteiger charge is -2.36. The standard InChI is InChI=1S/C79H94N16O13/c1-44(80-9)68(96)86-66(78(3,4)5)74(102)92-40-56-37-64(92)72(100)82-59(35-48-21-25-50-15-11-13-17-53(50)31-48)70(98)84-61(76(104)105)33-46-19-27-52(28-20-46)63-42-95(91-89-63)57-38-65(93(41-57)75(103)67(79(6,7)8)87-69(97)45(2)81-10)73(101)83-60(36-49-22-26-51-16-12-14-18-54(51)32-49)71(99)85-62(77(106)107)34-47-23-29-58(30-24-47)108-43-55-39-94(56)90-88-55/h11-32,39,42,44-45,56-57,59-62,64-67,80-81H,33-38,40-41,43H2,1-10H3,(H,82,100)(H,83,101)(H,84,98)(H,85,99)(H,86,96)(H,87,97)(H,104,105)(H,106,107)/t44-,45-,56-,57-,59-,60-,61-,62-,64-,65-,66+,67+/m0/s1.